The molecule has 0 spiro atoms. The Morgan fingerprint density at radius 2 is 2.00 bits per heavy atom. The van der Waals surface area contributed by atoms with Gasteiger partial charge >= 0.3 is 6.03 Å². The number of fused-ring (bicyclic) bond motifs is 1. The van der Waals surface area contributed by atoms with E-state index >= 15 is 0 Å². The van der Waals surface area contributed by atoms with Gasteiger partial charge in [0, 0.05) is 20.3 Å². The van der Waals surface area contributed by atoms with Crippen LogP contribution in [0.4, 0.5) is 4.79 Å². The summed E-state index contributed by atoms with van der Waals surface area (Å²) in [7, 11) is 2.99. The summed E-state index contributed by atoms with van der Waals surface area (Å²) in [5, 5.41) is 3.85. The van der Waals surface area contributed by atoms with E-state index in [0.29, 0.717) is 0 Å². The average molecular weight is 368 g/mol. The van der Waals surface area contributed by atoms with Crippen LogP contribution in [0.1, 0.15) is 5.56 Å². The third kappa shape index (κ3) is 3.86. The van der Waals surface area contributed by atoms with Crippen molar-refractivity contribution in [1.82, 2.24) is 20.1 Å². The van der Waals surface area contributed by atoms with E-state index in [1.807, 2.05) is 36.4 Å². The van der Waals surface area contributed by atoms with Gasteiger partial charge < -0.3 is 9.80 Å². The molecule has 0 aliphatic carbocycles. The Kier molecular flexibility index (Phi) is 5.30. The molecule has 0 saturated carbocycles. The SMILES string of the molecule is CN1C(=O)C2C(N=CN2CC(=O)N/N=C/C=C/c2ccccc2)N(C)C1=O. The molecule has 4 amide bonds. The van der Waals surface area contributed by atoms with Gasteiger partial charge in [-0.1, -0.05) is 36.4 Å². The van der Waals surface area contributed by atoms with Crippen LogP contribution in [0.5, 0.6) is 0 Å². The van der Waals surface area contributed by atoms with Gasteiger partial charge in [0.15, 0.2) is 12.2 Å². The van der Waals surface area contributed by atoms with Crippen molar-refractivity contribution in [2.24, 2.45) is 10.1 Å². The number of carbonyl (C=O) groups excluding carboxylic acids is 3. The van der Waals surface area contributed by atoms with Gasteiger partial charge in [-0.05, 0) is 11.6 Å². The van der Waals surface area contributed by atoms with Crippen LogP contribution in [0, 0.1) is 0 Å². The van der Waals surface area contributed by atoms with Crippen molar-refractivity contribution in [2.45, 2.75) is 12.2 Å². The van der Waals surface area contributed by atoms with Crippen LogP contribution in [-0.4, -0.2) is 77.9 Å². The maximum absolute atomic E-state index is 12.4. The molecular formula is C18H20N6O3. The smallest absolute Gasteiger partial charge is 0.328 e. The Hall–Kier alpha value is -3.49. The zero-order valence-corrected chi connectivity index (χ0v) is 15.0. The number of likely N-dealkylation sites (N-methyl/N-ethyl adjacent to an activating group) is 2. The molecule has 1 aromatic rings. The van der Waals surface area contributed by atoms with Crippen molar-refractivity contribution in [1.29, 1.82) is 0 Å². The van der Waals surface area contributed by atoms with Crippen LogP contribution in [-0.2, 0) is 9.59 Å². The number of amides is 4. The molecule has 1 saturated heterocycles. The summed E-state index contributed by atoms with van der Waals surface area (Å²) in [5.41, 5.74) is 3.43. The number of hydrazone groups is 1. The summed E-state index contributed by atoms with van der Waals surface area (Å²) in [6.45, 7) is -0.0913. The second-order valence-electron chi connectivity index (χ2n) is 6.17. The molecule has 9 nitrogen and oxygen atoms in total. The normalized spacial score (nSPS) is 22.2. The molecule has 140 valence electrons. The Balaban J connectivity index is 1.53. The third-order valence-electron chi connectivity index (χ3n) is 4.34. The number of urea groups is 1. The molecule has 2 aliphatic rings. The van der Waals surface area contributed by atoms with Gasteiger partial charge in [-0.2, -0.15) is 5.10 Å². The molecule has 2 unspecified atom stereocenters. The van der Waals surface area contributed by atoms with Gasteiger partial charge in [-0.15, -0.1) is 0 Å². The molecule has 3 rings (SSSR count). The van der Waals surface area contributed by atoms with Gasteiger partial charge in [-0.25, -0.2) is 15.2 Å². The summed E-state index contributed by atoms with van der Waals surface area (Å²) in [4.78, 5) is 44.5. The van der Waals surface area contributed by atoms with Gasteiger partial charge in [0.2, 0.25) is 0 Å². The molecule has 1 fully saturated rings. The molecule has 1 aromatic carbocycles. The second kappa shape index (κ2) is 7.81. The largest absolute Gasteiger partial charge is 0.338 e. The molecule has 2 atom stereocenters. The number of nitrogens with one attached hydrogen (secondary N) is 1. The van der Waals surface area contributed by atoms with E-state index in [-0.39, 0.29) is 18.4 Å². The minimum atomic E-state index is -0.703. The monoisotopic (exact) mass is 368 g/mol. The Morgan fingerprint density at radius 1 is 1.26 bits per heavy atom. The van der Waals surface area contributed by atoms with Gasteiger partial charge in [0.25, 0.3) is 11.8 Å². The van der Waals surface area contributed by atoms with Crippen LogP contribution in [0.2, 0.25) is 0 Å². The topological polar surface area (TPSA) is 97.7 Å². The van der Waals surface area contributed by atoms with Crippen molar-refractivity contribution in [2.75, 3.05) is 20.6 Å². The number of allylic oxidation sites excluding steroid dienone is 1. The number of aliphatic imine (C=N–C) groups is 1. The molecular weight excluding hydrogens is 348 g/mol. The fourth-order valence-electron chi connectivity index (χ4n) is 2.91. The van der Waals surface area contributed by atoms with Crippen molar-refractivity contribution >= 4 is 36.5 Å². The first-order chi connectivity index (χ1) is 13.0. The van der Waals surface area contributed by atoms with Crippen molar-refractivity contribution in [3.8, 4) is 0 Å². The number of benzene rings is 1. The van der Waals surface area contributed by atoms with Crippen LogP contribution < -0.4 is 5.43 Å². The first kappa shape index (κ1) is 18.3. The highest BCUT2D eigenvalue weighted by atomic mass is 16.2. The fraction of sp³-hybridized carbons (Fsp3) is 0.278. The Morgan fingerprint density at radius 3 is 2.74 bits per heavy atom. The molecule has 0 radical (unpaired) electrons. The molecule has 0 bridgehead atoms. The van der Waals surface area contributed by atoms with Gasteiger partial charge in [0.05, 0.1) is 6.34 Å². The highest BCUT2D eigenvalue weighted by Crippen LogP contribution is 2.24. The number of hydrogen-bond donors (Lipinski definition) is 1. The van der Waals surface area contributed by atoms with E-state index in [1.54, 1.807) is 13.1 Å². The lowest BCUT2D eigenvalue weighted by atomic mass is 10.1. The van der Waals surface area contributed by atoms with Crippen LogP contribution in [0.3, 0.4) is 0 Å². The van der Waals surface area contributed by atoms with E-state index in [4.69, 9.17) is 0 Å². The number of nitrogens with zero attached hydrogens (tertiary/aromatic N) is 5. The fourth-order valence-corrected chi connectivity index (χ4v) is 2.91. The quantitative estimate of drug-likeness (QED) is 0.599. The van der Waals surface area contributed by atoms with Crippen molar-refractivity contribution < 1.29 is 14.4 Å². The Bertz CT molecular complexity index is 820. The number of hydrogen-bond acceptors (Lipinski definition) is 6. The van der Waals surface area contributed by atoms with Crippen molar-refractivity contribution in [3.63, 3.8) is 0 Å². The van der Waals surface area contributed by atoms with Crippen LogP contribution in [0.25, 0.3) is 6.08 Å². The Labute approximate surface area is 156 Å². The highest BCUT2D eigenvalue weighted by molar-refractivity contribution is 6.02. The van der Waals surface area contributed by atoms with Crippen LogP contribution in [0.15, 0.2) is 46.5 Å². The molecule has 9 heteroatoms. The molecule has 2 heterocycles. The van der Waals surface area contributed by atoms with E-state index < -0.39 is 18.2 Å². The summed E-state index contributed by atoms with van der Waals surface area (Å²) < 4.78 is 0. The van der Waals surface area contributed by atoms with E-state index in [0.717, 1.165) is 10.5 Å². The number of imide groups is 1. The van der Waals surface area contributed by atoms with E-state index in [2.05, 4.69) is 15.5 Å². The summed E-state index contributed by atoms with van der Waals surface area (Å²) >= 11 is 0. The zero-order chi connectivity index (χ0) is 19.4. The van der Waals surface area contributed by atoms with Gasteiger partial charge in [0.1, 0.15) is 6.54 Å². The minimum absolute atomic E-state index is 0.0913. The highest BCUT2D eigenvalue weighted by Gasteiger charge is 2.48. The number of rotatable bonds is 5. The van der Waals surface area contributed by atoms with E-state index in [9.17, 15) is 14.4 Å². The average Bonchev–Trinajstić information content (AvgIpc) is 3.09. The van der Waals surface area contributed by atoms with E-state index in [1.165, 1.54) is 29.4 Å². The predicted octanol–water partition coefficient (Wildman–Crippen LogP) is 0.364. The first-order valence-corrected chi connectivity index (χ1v) is 8.36. The maximum Gasteiger partial charge on any atom is 0.328 e. The molecule has 0 aromatic heterocycles. The lowest BCUT2D eigenvalue weighted by Gasteiger charge is -2.39. The number of carbonyl (C=O) groups is 3. The van der Waals surface area contributed by atoms with Crippen LogP contribution >= 0.6 is 0 Å². The van der Waals surface area contributed by atoms with Crippen molar-refractivity contribution in [3.05, 3.63) is 42.0 Å². The summed E-state index contributed by atoms with van der Waals surface area (Å²) in [6.07, 6.45) is 5.85. The predicted molar refractivity (Wildman–Crippen MR) is 101 cm³/mol. The molecule has 1 N–H and O–H groups in total. The minimum Gasteiger partial charge on any atom is -0.338 e. The zero-order valence-electron chi connectivity index (χ0n) is 15.0. The standard InChI is InChI=1S/C18H20N6O3/c1-22-16-15(17(26)23(2)18(22)27)24(12-19-16)11-14(25)21-20-10-6-9-13-7-4-3-5-8-13/h3-10,12,15-16H,11H2,1-2H3,(H,21,25)/b9-6+,20-10+. The third-order valence-corrected chi connectivity index (χ3v) is 4.34. The molecule has 27 heavy (non-hydrogen) atoms. The van der Waals surface area contributed by atoms with Gasteiger partial charge in [-0.3, -0.25) is 14.5 Å². The lowest BCUT2D eigenvalue weighted by Crippen LogP contribution is -2.64. The summed E-state index contributed by atoms with van der Waals surface area (Å²) in [6, 6.07) is 8.57. The first-order valence-electron chi connectivity index (χ1n) is 8.36. The maximum atomic E-state index is 12.4. The summed E-state index contributed by atoms with van der Waals surface area (Å²) in [5.74, 6) is -0.774. The molecule has 2 aliphatic heterocycles. The lowest BCUT2D eigenvalue weighted by molar-refractivity contribution is -0.136. The second-order valence-corrected chi connectivity index (χ2v) is 6.17.